The third-order valence-corrected chi connectivity index (χ3v) is 3.22. The van der Waals surface area contributed by atoms with Gasteiger partial charge in [-0.15, -0.1) is 0 Å². The number of aryl methyl sites for hydroxylation is 2. The number of benzene rings is 2. The molecule has 0 saturated heterocycles. The van der Waals surface area contributed by atoms with Crippen LogP contribution in [0.1, 0.15) is 27.0 Å². The standard InChI is InChI=1S/C17H15NO4/c1-11-8-12(2)17(20)15(9-11)16(19)7-6-13-4-3-5-14(10-13)18(21)22/h3-10,20H,1-2H3/b7-6+. The molecule has 0 atom stereocenters. The minimum atomic E-state index is -0.491. The van der Waals surface area contributed by atoms with Crippen molar-refractivity contribution in [1.82, 2.24) is 0 Å². The van der Waals surface area contributed by atoms with Crippen LogP contribution in [0.15, 0.2) is 42.5 Å². The highest BCUT2D eigenvalue weighted by Crippen LogP contribution is 2.24. The fraction of sp³-hybridized carbons (Fsp3) is 0.118. The summed E-state index contributed by atoms with van der Waals surface area (Å²) < 4.78 is 0. The molecular formula is C17H15NO4. The van der Waals surface area contributed by atoms with Crippen LogP contribution in [0.3, 0.4) is 0 Å². The number of allylic oxidation sites excluding steroid dienone is 1. The summed E-state index contributed by atoms with van der Waals surface area (Å²) in [5.41, 5.74) is 2.24. The molecule has 2 aromatic rings. The summed E-state index contributed by atoms with van der Waals surface area (Å²) in [6.07, 6.45) is 2.79. The second-order valence-corrected chi connectivity index (χ2v) is 5.03. The summed E-state index contributed by atoms with van der Waals surface area (Å²) in [5.74, 6) is -0.393. The lowest BCUT2D eigenvalue weighted by molar-refractivity contribution is -0.384. The van der Waals surface area contributed by atoms with Crippen molar-refractivity contribution in [3.63, 3.8) is 0 Å². The van der Waals surface area contributed by atoms with Crippen molar-refractivity contribution in [2.45, 2.75) is 13.8 Å². The monoisotopic (exact) mass is 297 g/mol. The van der Waals surface area contributed by atoms with Crippen LogP contribution < -0.4 is 0 Å². The molecular weight excluding hydrogens is 282 g/mol. The fourth-order valence-electron chi connectivity index (χ4n) is 2.15. The van der Waals surface area contributed by atoms with Gasteiger partial charge in [0.05, 0.1) is 10.5 Å². The summed E-state index contributed by atoms with van der Waals surface area (Å²) in [4.78, 5) is 22.4. The normalized spacial score (nSPS) is 10.8. The van der Waals surface area contributed by atoms with Crippen molar-refractivity contribution < 1.29 is 14.8 Å². The molecule has 0 unspecified atom stereocenters. The average molecular weight is 297 g/mol. The molecule has 0 radical (unpaired) electrons. The molecule has 1 N–H and O–H groups in total. The number of hydrogen-bond acceptors (Lipinski definition) is 4. The zero-order chi connectivity index (χ0) is 16.3. The van der Waals surface area contributed by atoms with E-state index in [4.69, 9.17) is 0 Å². The van der Waals surface area contributed by atoms with Gasteiger partial charge < -0.3 is 5.11 Å². The van der Waals surface area contributed by atoms with Crippen molar-refractivity contribution in [1.29, 1.82) is 0 Å². The van der Waals surface area contributed by atoms with E-state index in [1.54, 1.807) is 31.2 Å². The summed E-state index contributed by atoms with van der Waals surface area (Å²) in [6.45, 7) is 3.57. The predicted molar refractivity (Wildman–Crippen MR) is 84.0 cm³/mol. The first-order valence-corrected chi connectivity index (χ1v) is 6.65. The molecule has 0 spiro atoms. The number of rotatable bonds is 4. The molecule has 0 heterocycles. The van der Waals surface area contributed by atoms with E-state index >= 15 is 0 Å². The van der Waals surface area contributed by atoms with Gasteiger partial charge in [0.15, 0.2) is 5.78 Å². The summed E-state index contributed by atoms with van der Waals surface area (Å²) in [5, 5.41) is 20.7. The van der Waals surface area contributed by atoms with Crippen LogP contribution in [0.2, 0.25) is 0 Å². The molecule has 22 heavy (non-hydrogen) atoms. The Morgan fingerprint density at radius 1 is 1.23 bits per heavy atom. The average Bonchev–Trinajstić information content (AvgIpc) is 2.48. The van der Waals surface area contributed by atoms with Gasteiger partial charge in [0.2, 0.25) is 0 Å². The van der Waals surface area contributed by atoms with E-state index in [1.165, 1.54) is 24.3 Å². The van der Waals surface area contributed by atoms with Gasteiger partial charge >= 0.3 is 0 Å². The van der Waals surface area contributed by atoms with Crippen molar-refractivity contribution in [2.75, 3.05) is 0 Å². The number of carbonyl (C=O) groups excluding carboxylic acids is 1. The number of ketones is 1. The lowest BCUT2D eigenvalue weighted by Crippen LogP contribution is -1.97. The van der Waals surface area contributed by atoms with E-state index in [2.05, 4.69) is 0 Å². The molecule has 0 saturated carbocycles. The maximum absolute atomic E-state index is 12.2. The van der Waals surface area contributed by atoms with E-state index in [-0.39, 0.29) is 22.8 Å². The number of nitrogens with zero attached hydrogens (tertiary/aromatic N) is 1. The zero-order valence-corrected chi connectivity index (χ0v) is 12.2. The smallest absolute Gasteiger partial charge is 0.270 e. The van der Waals surface area contributed by atoms with Crippen molar-refractivity contribution in [3.05, 3.63) is 74.8 Å². The van der Waals surface area contributed by atoms with Gasteiger partial charge in [-0.3, -0.25) is 14.9 Å². The van der Waals surface area contributed by atoms with Crippen molar-refractivity contribution in [3.8, 4) is 5.75 Å². The molecule has 112 valence electrons. The van der Waals surface area contributed by atoms with Gasteiger partial charge in [-0.05, 0) is 42.7 Å². The molecule has 0 aliphatic rings. The SMILES string of the molecule is Cc1cc(C)c(O)c(C(=O)/C=C/c2cccc([N+](=O)[O-])c2)c1. The van der Waals surface area contributed by atoms with E-state index in [0.29, 0.717) is 11.1 Å². The maximum Gasteiger partial charge on any atom is 0.270 e. The van der Waals surface area contributed by atoms with E-state index in [1.807, 2.05) is 6.92 Å². The third-order valence-electron chi connectivity index (χ3n) is 3.22. The largest absolute Gasteiger partial charge is 0.507 e. The summed E-state index contributed by atoms with van der Waals surface area (Å²) >= 11 is 0. The molecule has 5 heteroatoms. The number of aromatic hydroxyl groups is 1. The Morgan fingerprint density at radius 2 is 1.95 bits per heavy atom. The topological polar surface area (TPSA) is 80.4 Å². The minimum Gasteiger partial charge on any atom is -0.507 e. The quantitative estimate of drug-likeness (QED) is 0.402. The number of phenolic OH excluding ortho intramolecular Hbond substituents is 1. The van der Waals surface area contributed by atoms with E-state index < -0.39 is 4.92 Å². The van der Waals surface area contributed by atoms with Crippen LogP contribution in [0.5, 0.6) is 5.75 Å². The van der Waals surface area contributed by atoms with Gasteiger partial charge in [0.25, 0.3) is 5.69 Å². The molecule has 2 aromatic carbocycles. The lowest BCUT2D eigenvalue weighted by Gasteiger charge is -2.06. The first-order valence-electron chi connectivity index (χ1n) is 6.65. The van der Waals surface area contributed by atoms with Gasteiger partial charge in [-0.25, -0.2) is 0 Å². The Hall–Kier alpha value is -2.95. The van der Waals surface area contributed by atoms with E-state index in [9.17, 15) is 20.0 Å². The lowest BCUT2D eigenvalue weighted by atomic mass is 10.0. The van der Waals surface area contributed by atoms with Crippen LogP contribution >= 0.6 is 0 Å². The van der Waals surface area contributed by atoms with Crippen LogP contribution in [-0.2, 0) is 0 Å². The number of non-ortho nitro benzene ring substituents is 1. The highest BCUT2D eigenvalue weighted by Gasteiger charge is 2.11. The minimum absolute atomic E-state index is 0.0381. The zero-order valence-electron chi connectivity index (χ0n) is 12.2. The fourth-order valence-corrected chi connectivity index (χ4v) is 2.15. The van der Waals surface area contributed by atoms with Gasteiger partial charge in [0, 0.05) is 12.1 Å². The van der Waals surface area contributed by atoms with Gasteiger partial charge in [-0.1, -0.05) is 24.3 Å². The third kappa shape index (κ3) is 3.38. The molecule has 0 fully saturated rings. The number of phenols is 1. The number of nitro groups is 1. The molecule has 2 rings (SSSR count). The second-order valence-electron chi connectivity index (χ2n) is 5.03. The Balaban J connectivity index is 2.29. The highest BCUT2D eigenvalue weighted by atomic mass is 16.6. The second kappa shape index (κ2) is 6.22. The van der Waals surface area contributed by atoms with Crippen LogP contribution in [0.25, 0.3) is 6.08 Å². The Bertz CT molecular complexity index is 778. The summed E-state index contributed by atoms with van der Waals surface area (Å²) in [7, 11) is 0. The number of hydrogen-bond donors (Lipinski definition) is 1. The molecule has 0 aliphatic heterocycles. The molecule has 0 aromatic heterocycles. The summed E-state index contributed by atoms with van der Waals surface area (Å²) in [6, 6.07) is 9.38. The molecule has 0 bridgehead atoms. The van der Waals surface area contributed by atoms with E-state index in [0.717, 1.165) is 5.56 Å². The van der Waals surface area contributed by atoms with Crippen LogP contribution in [-0.4, -0.2) is 15.8 Å². The van der Waals surface area contributed by atoms with Crippen molar-refractivity contribution >= 4 is 17.5 Å². The molecule has 5 nitrogen and oxygen atoms in total. The number of carbonyl (C=O) groups is 1. The predicted octanol–water partition coefficient (Wildman–Crippen LogP) is 3.81. The molecule has 0 amide bonds. The first-order chi connectivity index (χ1) is 10.4. The highest BCUT2D eigenvalue weighted by molar-refractivity contribution is 6.08. The Labute approximate surface area is 127 Å². The maximum atomic E-state index is 12.2. The number of nitro benzene ring substituents is 1. The van der Waals surface area contributed by atoms with Crippen LogP contribution in [0, 0.1) is 24.0 Å². The Kier molecular flexibility index (Phi) is 4.36. The van der Waals surface area contributed by atoms with Crippen LogP contribution in [0.4, 0.5) is 5.69 Å². The van der Waals surface area contributed by atoms with Gasteiger partial charge in [-0.2, -0.15) is 0 Å². The van der Waals surface area contributed by atoms with Crippen molar-refractivity contribution in [2.24, 2.45) is 0 Å². The van der Waals surface area contributed by atoms with Gasteiger partial charge in [0.1, 0.15) is 5.75 Å². The molecule has 0 aliphatic carbocycles. The Morgan fingerprint density at radius 3 is 2.64 bits per heavy atom. The first kappa shape index (κ1) is 15.4.